The van der Waals surface area contributed by atoms with Crippen molar-refractivity contribution in [1.29, 1.82) is 0 Å². The minimum Gasteiger partial charge on any atom is -0.486 e. The van der Waals surface area contributed by atoms with Crippen LogP contribution in [0.25, 0.3) is 0 Å². The summed E-state index contributed by atoms with van der Waals surface area (Å²) in [5, 5.41) is 3.20. The number of ether oxygens (including phenoxy) is 3. The molecule has 104 valence electrons. The van der Waals surface area contributed by atoms with Crippen LogP contribution in [0.5, 0.6) is 11.5 Å². The van der Waals surface area contributed by atoms with E-state index < -0.39 is 6.36 Å². The molecule has 1 fully saturated rings. The van der Waals surface area contributed by atoms with Crippen LogP contribution >= 0.6 is 0 Å². The van der Waals surface area contributed by atoms with Gasteiger partial charge in [0.2, 0.25) is 6.36 Å². The molecule has 1 N–H and O–H groups in total. The van der Waals surface area contributed by atoms with Crippen molar-refractivity contribution in [3.63, 3.8) is 0 Å². The van der Waals surface area contributed by atoms with Crippen molar-refractivity contribution in [3.8, 4) is 11.5 Å². The average molecular weight is 267 g/mol. The molecule has 0 saturated carbocycles. The number of halogens is 1. The Morgan fingerprint density at radius 3 is 2.84 bits per heavy atom. The first-order chi connectivity index (χ1) is 9.33. The molecular formula is C14H18FNO3. The van der Waals surface area contributed by atoms with Gasteiger partial charge >= 0.3 is 0 Å². The fourth-order valence-corrected chi connectivity index (χ4v) is 2.39. The van der Waals surface area contributed by atoms with E-state index in [9.17, 15) is 4.39 Å². The van der Waals surface area contributed by atoms with Crippen LogP contribution in [0.1, 0.15) is 18.4 Å². The normalized spacial score (nSPS) is 26.2. The molecule has 2 atom stereocenters. The molecule has 1 saturated heterocycles. The highest BCUT2D eigenvalue weighted by atomic mass is 19.1. The third-order valence-corrected chi connectivity index (χ3v) is 3.43. The Labute approximate surface area is 111 Å². The van der Waals surface area contributed by atoms with Crippen LogP contribution in [-0.2, 0) is 11.3 Å². The van der Waals surface area contributed by atoms with Gasteiger partial charge in [-0.05, 0) is 30.5 Å². The van der Waals surface area contributed by atoms with E-state index in [0.717, 1.165) is 29.9 Å². The molecule has 0 amide bonds. The first kappa shape index (κ1) is 12.7. The second-order valence-electron chi connectivity index (χ2n) is 4.83. The molecule has 0 bridgehead atoms. The molecule has 1 aromatic rings. The Hall–Kier alpha value is -1.33. The van der Waals surface area contributed by atoms with Crippen LogP contribution in [0.2, 0.25) is 0 Å². The molecule has 5 heteroatoms. The average Bonchev–Trinajstić information content (AvgIpc) is 2.46. The molecule has 2 aliphatic rings. The molecule has 1 aromatic carbocycles. The third-order valence-electron chi connectivity index (χ3n) is 3.43. The minimum absolute atomic E-state index is 0.220. The standard InChI is InChI=1S/C14H18FNO3/c15-14-11(2-1-5-19-14)16-9-10-3-4-12-13(8-10)18-7-6-17-12/h3-4,8,11,14,16H,1-2,5-7,9H2. The van der Waals surface area contributed by atoms with Crippen molar-refractivity contribution in [2.45, 2.75) is 31.8 Å². The number of hydrogen-bond acceptors (Lipinski definition) is 4. The summed E-state index contributed by atoms with van der Waals surface area (Å²) in [5.74, 6) is 1.54. The van der Waals surface area contributed by atoms with Gasteiger partial charge in [0.05, 0.1) is 12.6 Å². The van der Waals surface area contributed by atoms with E-state index in [2.05, 4.69) is 5.32 Å². The molecule has 4 nitrogen and oxygen atoms in total. The van der Waals surface area contributed by atoms with Crippen molar-refractivity contribution in [3.05, 3.63) is 23.8 Å². The molecule has 0 aliphatic carbocycles. The first-order valence-corrected chi connectivity index (χ1v) is 6.70. The lowest BCUT2D eigenvalue weighted by atomic mass is 10.1. The lowest BCUT2D eigenvalue weighted by Crippen LogP contribution is -2.41. The summed E-state index contributed by atoms with van der Waals surface area (Å²) in [6.45, 7) is 2.29. The van der Waals surface area contributed by atoms with E-state index in [4.69, 9.17) is 14.2 Å². The zero-order chi connectivity index (χ0) is 13.1. The van der Waals surface area contributed by atoms with Gasteiger partial charge in [-0.15, -0.1) is 0 Å². The van der Waals surface area contributed by atoms with Gasteiger partial charge in [0, 0.05) is 6.54 Å². The van der Waals surface area contributed by atoms with Crippen molar-refractivity contribution in [2.24, 2.45) is 0 Å². The summed E-state index contributed by atoms with van der Waals surface area (Å²) in [6.07, 6.45) is 0.510. The number of benzene rings is 1. The summed E-state index contributed by atoms with van der Waals surface area (Å²) >= 11 is 0. The maximum absolute atomic E-state index is 13.5. The Balaban J connectivity index is 1.60. The lowest BCUT2D eigenvalue weighted by Gasteiger charge is -2.27. The summed E-state index contributed by atoms with van der Waals surface area (Å²) in [4.78, 5) is 0. The van der Waals surface area contributed by atoms with Crippen molar-refractivity contribution in [2.75, 3.05) is 19.8 Å². The first-order valence-electron chi connectivity index (χ1n) is 6.70. The van der Waals surface area contributed by atoms with Crippen LogP contribution < -0.4 is 14.8 Å². The second-order valence-corrected chi connectivity index (χ2v) is 4.83. The molecule has 0 spiro atoms. The molecule has 19 heavy (non-hydrogen) atoms. The second kappa shape index (κ2) is 5.75. The summed E-state index contributed by atoms with van der Waals surface area (Å²) in [6, 6.07) is 5.59. The molecule has 0 radical (unpaired) electrons. The largest absolute Gasteiger partial charge is 0.486 e. The van der Waals surface area contributed by atoms with Gasteiger partial charge in [0.25, 0.3) is 0 Å². The third kappa shape index (κ3) is 2.98. The van der Waals surface area contributed by atoms with Crippen LogP contribution in [0.4, 0.5) is 4.39 Å². The van der Waals surface area contributed by atoms with Crippen molar-refractivity contribution < 1.29 is 18.6 Å². The fourth-order valence-electron chi connectivity index (χ4n) is 2.39. The van der Waals surface area contributed by atoms with E-state index in [1.807, 2.05) is 18.2 Å². The lowest BCUT2D eigenvalue weighted by molar-refractivity contribution is -0.0897. The zero-order valence-corrected chi connectivity index (χ0v) is 10.7. The topological polar surface area (TPSA) is 39.7 Å². The highest BCUT2D eigenvalue weighted by molar-refractivity contribution is 5.43. The van der Waals surface area contributed by atoms with E-state index in [1.165, 1.54) is 0 Å². The van der Waals surface area contributed by atoms with Gasteiger partial charge in [-0.25, -0.2) is 4.39 Å². The molecule has 2 heterocycles. The minimum atomic E-state index is -1.20. The van der Waals surface area contributed by atoms with Gasteiger partial charge in [0.1, 0.15) is 13.2 Å². The van der Waals surface area contributed by atoms with E-state index in [1.54, 1.807) is 0 Å². The fraction of sp³-hybridized carbons (Fsp3) is 0.571. The SMILES string of the molecule is FC1OCCCC1NCc1ccc2c(c1)OCCO2. The molecule has 3 rings (SSSR count). The Kier molecular flexibility index (Phi) is 3.84. The maximum atomic E-state index is 13.5. The number of alkyl halides is 1. The predicted octanol–water partition coefficient (Wildman–Crippen LogP) is 2.02. The maximum Gasteiger partial charge on any atom is 0.214 e. The summed E-state index contributed by atoms with van der Waals surface area (Å²) in [7, 11) is 0. The number of nitrogens with one attached hydrogen (secondary N) is 1. The molecule has 2 unspecified atom stereocenters. The number of fused-ring (bicyclic) bond motifs is 1. The summed E-state index contributed by atoms with van der Waals surface area (Å²) in [5.41, 5.74) is 1.06. The van der Waals surface area contributed by atoms with E-state index in [0.29, 0.717) is 26.4 Å². The zero-order valence-electron chi connectivity index (χ0n) is 10.7. The van der Waals surface area contributed by atoms with Gasteiger partial charge in [0.15, 0.2) is 11.5 Å². The van der Waals surface area contributed by atoms with Crippen molar-refractivity contribution in [1.82, 2.24) is 5.32 Å². The molecule has 2 aliphatic heterocycles. The van der Waals surface area contributed by atoms with E-state index >= 15 is 0 Å². The Bertz CT molecular complexity index is 441. The molecule has 0 aromatic heterocycles. The smallest absolute Gasteiger partial charge is 0.214 e. The van der Waals surface area contributed by atoms with E-state index in [-0.39, 0.29) is 6.04 Å². The number of hydrogen-bond donors (Lipinski definition) is 1. The van der Waals surface area contributed by atoms with Gasteiger partial charge in [-0.3, -0.25) is 0 Å². The monoisotopic (exact) mass is 267 g/mol. The highest BCUT2D eigenvalue weighted by Crippen LogP contribution is 2.30. The van der Waals surface area contributed by atoms with Crippen molar-refractivity contribution >= 4 is 0 Å². The quantitative estimate of drug-likeness (QED) is 0.909. The van der Waals surface area contributed by atoms with Gasteiger partial charge in [-0.1, -0.05) is 6.07 Å². The van der Waals surface area contributed by atoms with Crippen LogP contribution in [-0.4, -0.2) is 32.2 Å². The van der Waals surface area contributed by atoms with Gasteiger partial charge in [-0.2, -0.15) is 0 Å². The molecular weight excluding hydrogens is 249 g/mol. The van der Waals surface area contributed by atoms with Gasteiger partial charge < -0.3 is 19.5 Å². The summed E-state index contributed by atoms with van der Waals surface area (Å²) < 4.78 is 29.5. The van der Waals surface area contributed by atoms with Crippen LogP contribution in [0, 0.1) is 0 Å². The van der Waals surface area contributed by atoms with Crippen LogP contribution in [0.15, 0.2) is 18.2 Å². The Morgan fingerprint density at radius 2 is 2.00 bits per heavy atom. The Morgan fingerprint density at radius 1 is 1.16 bits per heavy atom. The highest BCUT2D eigenvalue weighted by Gasteiger charge is 2.24. The number of rotatable bonds is 3. The predicted molar refractivity (Wildman–Crippen MR) is 68.1 cm³/mol. The van der Waals surface area contributed by atoms with Crippen LogP contribution in [0.3, 0.4) is 0 Å².